The number of rotatable bonds is 5. The number of nitrogens with zero attached hydrogens (tertiary/aromatic N) is 1. The van der Waals surface area contributed by atoms with Crippen LogP contribution in [-0.4, -0.2) is 43.2 Å². The van der Waals surface area contributed by atoms with E-state index in [1.54, 1.807) is 12.1 Å². The number of halogens is 1. The quantitative estimate of drug-likeness (QED) is 0.906. The monoisotopic (exact) mass is 320 g/mol. The van der Waals surface area contributed by atoms with Crippen LogP contribution in [0.25, 0.3) is 0 Å². The summed E-state index contributed by atoms with van der Waals surface area (Å²) in [6, 6.07) is 6.63. The van der Waals surface area contributed by atoms with E-state index in [1.165, 1.54) is 6.07 Å². The van der Waals surface area contributed by atoms with Crippen LogP contribution < -0.4 is 5.32 Å². The lowest BCUT2D eigenvalue weighted by molar-refractivity contribution is -0.131. The molecule has 0 saturated carbocycles. The smallest absolute Gasteiger partial charge is 0.237 e. The van der Waals surface area contributed by atoms with Gasteiger partial charge in [0.1, 0.15) is 5.82 Å². The Morgan fingerprint density at radius 1 is 1.43 bits per heavy atom. The van der Waals surface area contributed by atoms with Crippen LogP contribution in [0.4, 0.5) is 4.39 Å². The first-order valence-electron chi connectivity index (χ1n) is 8.51. The summed E-state index contributed by atoms with van der Waals surface area (Å²) in [6.45, 7) is 4.62. The summed E-state index contributed by atoms with van der Waals surface area (Å²) in [5, 5.41) is 3.20. The van der Waals surface area contributed by atoms with E-state index in [4.69, 9.17) is 4.74 Å². The predicted molar refractivity (Wildman–Crippen MR) is 86.5 cm³/mol. The van der Waals surface area contributed by atoms with E-state index in [9.17, 15) is 9.18 Å². The third-order valence-electron chi connectivity index (χ3n) is 4.77. The minimum Gasteiger partial charge on any atom is -0.377 e. The number of benzene rings is 1. The van der Waals surface area contributed by atoms with Crippen molar-refractivity contribution in [3.63, 3.8) is 0 Å². The van der Waals surface area contributed by atoms with E-state index >= 15 is 0 Å². The van der Waals surface area contributed by atoms with Gasteiger partial charge in [-0.25, -0.2) is 4.39 Å². The SMILES string of the molecule is CC1CC(c2ccccc2F)N(C(=O)CNCC2CCCO2)C1. The molecule has 0 bridgehead atoms. The number of ether oxygens (including phenoxy) is 1. The Bertz CT molecular complexity index is 546. The van der Waals surface area contributed by atoms with Crippen molar-refractivity contribution >= 4 is 5.91 Å². The van der Waals surface area contributed by atoms with Crippen LogP contribution in [0.5, 0.6) is 0 Å². The Kier molecular flexibility index (Phi) is 5.28. The molecule has 1 amide bonds. The third kappa shape index (κ3) is 3.90. The second kappa shape index (κ2) is 7.41. The van der Waals surface area contributed by atoms with Crippen molar-refractivity contribution in [3.05, 3.63) is 35.6 Å². The van der Waals surface area contributed by atoms with Crippen molar-refractivity contribution in [1.29, 1.82) is 0 Å². The van der Waals surface area contributed by atoms with Crippen LogP contribution >= 0.6 is 0 Å². The lowest BCUT2D eigenvalue weighted by atomic mass is 10.0. The van der Waals surface area contributed by atoms with Crippen molar-refractivity contribution in [3.8, 4) is 0 Å². The van der Waals surface area contributed by atoms with Gasteiger partial charge in [0.2, 0.25) is 5.91 Å². The van der Waals surface area contributed by atoms with Gasteiger partial charge in [0.25, 0.3) is 0 Å². The fourth-order valence-electron chi connectivity index (χ4n) is 3.61. The molecule has 2 saturated heterocycles. The van der Waals surface area contributed by atoms with Crippen molar-refractivity contribution < 1.29 is 13.9 Å². The highest BCUT2D eigenvalue weighted by molar-refractivity contribution is 5.79. The maximum Gasteiger partial charge on any atom is 0.237 e. The molecule has 126 valence electrons. The Morgan fingerprint density at radius 3 is 3.00 bits per heavy atom. The van der Waals surface area contributed by atoms with Crippen LogP contribution in [0, 0.1) is 11.7 Å². The van der Waals surface area contributed by atoms with Crippen molar-refractivity contribution in [1.82, 2.24) is 10.2 Å². The Balaban J connectivity index is 1.60. The number of carbonyl (C=O) groups is 1. The van der Waals surface area contributed by atoms with Gasteiger partial charge < -0.3 is 15.0 Å². The number of hydrogen-bond acceptors (Lipinski definition) is 3. The zero-order valence-electron chi connectivity index (χ0n) is 13.6. The predicted octanol–water partition coefficient (Wildman–Crippen LogP) is 2.50. The van der Waals surface area contributed by atoms with E-state index < -0.39 is 0 Å². The van der Waals surface area contributed by atoms with Crippen molar-refractivity contribution in [2.45, 2.75) is 38.3 Å². The summed E-state index contributed by atoms with van der Waals surface area (Å²) in [4.78, 5) is 14.4. The van der Waals surface area contributed by atoms with Crippen LogP contribution in [0.2, 0.25) is 0 Å². The molecule has 2 fully saturated rings. The van der Waals surface area contributed by atoms with Gasteiger partial charge in [0, 0.05) is 25.3 Å². The van der Waals surface area contributed by atoms with Crippen molar-refractivity contribution in [2.24, 2.45) is 5.92 Å². The number of likely N-dealkylation sites (tertiary alicyclic amines) is 1. The molecule has 0 aliphatic carbocycles. The summed E-state index contributed by atoms with van der Waals surface area (Å²) in [5.74, 6) is 0.207. The summed E-state index contributed by atoms with van der Waals surface area (Å²) < 4.78 is 19.6. The second-order valence-electron chi connectivity index (χ2n) is 6.69. The van der Waals surface area contributed by atoms with E-state index in [-0.39, 0.29) is 30.4 Å². The Morgan fingerprint density at radius 2 is 2.26 bits per heavy atom. The average molecular weight is 320 g/mol. The summed E-state index contributed by atoms with van der Waals surface area (Å²) in [7, 11) is 0. The minimum atomic E-state index is -0.225. The lowest BCUT2D eigenvalue weighted by Gasteiger charge is -2.26. The molecule has 23 heavy (non-hydrogen) atoms. The molecule has 2 aliphatic heterocycles. The van der Waals surface area contributed by atoms with Gasteiger partial charge in [-0.05, 0) is 31.2 Å². The maximum absolute atomic E-state index is 14.1. The number of hydrogen-bond donors (Lipinski definition) is 1. The summed E-state index contributed by atoms with van der Waals surface area (Å²) in [6.07, 6.45) is 3.19. The first-order chi connectivity index (χ1) is 11.1. The van der Waals surface area contributed by atoms with E-state index in [0.717, 1.165) is 25.9 Å². The topological polar surface area (TPSA) is 41.6 Å². The van der Waals surface area contributed by atoms with Gasteiger partial charge in [0.05, 0.1) is 18.7 Å². The first-order valence-corrected chi connectivity index (χ1v) is 8.51. The first kappa shape index (κ1) is 16.4. The third-order valence-corrected chi connectivity index (χ3v) is 4.77. The molecule has 5 heteroatoms. The number of nitrogens with one attached hydrogen (secondary N) is 1. The second-order valence-corrected chi connectivity index (χ2v) is 6.69. The largest absolute Gasteiger partial charge is 0.377 e. The summed E-state index contributed by atoms with van der Waals surface area (Å²) >= 11 is 0. The fourth-order valence-corrected chi connectivity index (χ4v) is 3.61. The molecule has 2 heterocycles. The molecule has 4 nitrogen and oxygen atoms in total. The van der Waals surface area contributed by atoms with Gasteiger partial charge >= 0.3 is 0 Å². The van der Waals surface area contributed by atoms with E-state index in [2.05, 4.69) is 12.2 Å². The standard InChI is InChI=1S/C18H25FN2O2/c1-13-9-17(15-6-2-3-7-16(15)19)21(12-13)18(22)11-20-10-14-5-4-8-23-14/h2-3,6-7,13-14,17,20H,4-5,8-12H2,1H3. The summed E-state index contributed by atoms with van der Waals surface area (Å²) in [5.41, 5.74) is 0.629. The average Bonchev–Trinajstić information content (AvgIpc) is 3.17. The highest BCUT2D eigenvalue weighted by Crippen LogP contribution is 2.36. The number of amides is 1. The Hall–Kier alpha value is -1.46. The maximum atomic E-state index is 14.1. The zero-order valence-corrected chi connectivity index (χ0v) is 13.6. The minimum absolute atomic E-state index is 0.0422. The Labute approximate surface area is 137 Å². The van der Waals surface area contributed by atoms with Gasteiger partial charge in [0.15, 0.2) is 0 Å². The fraction of sp³-hybridized carbons (Fsp3) is 0.611. The van der Waals surface area contributed by atoms with Crippen LogP contribution in [0.15, 0.2) is 24.3 Å². The zero-order chi connectivity index (χ0) is 16.2. The normalized spacial score (nSPS) is 27.6. The molecule has 0 aromatic heterocycles. The molecule has 3 atom stereocenters. The van der Waals surface area contributed by atoms with Crippen LogP contribution in [0.1, 0.15) is 37.8 Å². The van der Waals surface area contributed by atoms with Gasteiger partial charge in [-0.2, -0.15) is 0 Å². The molecule has 3 rings (SSSR count). The number of carbonyl (C=O) groups excluding carboxylic acids is 1. The molecular weight excluding hydrogens is 295 g/mol. The van der Waals surface area contributed by atoms with E-state index in [1.807, 2.05) is 11.0 Å². The van der Waals surface area contributed by atoms with Gasteiger partial charge in [-0.1, -0.05) is 25.1 Å². The molecule has 1 aromatic rings. The molecule has 2 aliphatic rings. The highest BCUT2D eigenvalue weighted by atomic mass is 19.1. The van der Waals surface area contributed by atoms with Gasteiger partial charge in [-0.15, -0.1) is 0 Å². The molecule has 1 aromatic carbocycles. The van der Waals surface area contributed by atoms with Gasteiger partial charge in [-0.3, -0.25) is 4.79 Å². The molecule has 0 spiro atoms. The highest BCUT2D eigenvalue weighted by Gasteiger charge is 2.35. The van der Waals surface area contributed by atoms with Crippen LogP contribution in [-0.2, 0) is 9.53 Å². The molecule has 0 radical (unpaired) electrons. The van der Waals surface area contributed by atoms with Crippen molar-refractivity contribution in [2.75, 3.05) is 26.2 Å². The van der Waals surface area contributed by atoms with Crippen LogP contribution in [0.3, 0.4) is 0 Å². The molecule has 1 N–H and O–H groups in total. The lowest BCUT2D eigenvalue weighted by Crippen LogP contribution is -2.40. The molecule has 3 unspecified atom stereocenters. The molecular formula is C18H25FN2O2. The van der Waals surface area contributed by atoms with E-state index in [0.29, 0.717) is 24.6 Å².